The number of hydrogen-bond acceptors (Lipinski definition) is 4. The van der Waals surface area contributed by atoms with Crippen LogP contribution in [0.3, 0.4) is 0 Å². The number of alkyl halides is 3. The average Bonchev–Trinajstić information content (AvgIpc) is 2.36. The number of aromatic nitrogens is 1. The number of aliphatic hydroxyl groups excluding tert-OH is 2. The molecule has 2 atom stereocenters. The van der Waals surface area contributed by atoms with Crippen molar-refractivity contribution in [3.63, 3.8) is 0 Å². The Morgan fingerprint density at radius 1 is 1.48 bits per heavy atom. The van der Waals surface area contributed by atoms with Crippen LogP contribution >= 0.6 is 11.6 Å². The molecule has 0 spiro atoms. The Labute approximate surface area is 123 Å². The molecular formula is C12H14ClF3N2O3. The second kappa shape index (κ2) is 7.06. The highest BCUT2D eigenvalue weighted by atomic mass is 35.5. The summed E-state index contributed by atoms with van der Waals surface area (Å²) in [5, 5.41) is 21.6. The van der Waals surface area contributed by atoms with Gasteiger partial charge in [-0.15, -0.1) is 0 Å². The highest BCUT2D eigenvalue weighted by Gasteiger charge is 2.32. The van der Waals surface area contributed by atoms with Crippen molar-refractivity contribution in [1.29, 1.82) is 0 Å². The first-order chi connectivity index (χ1) is 9.62. The van der Waals surface area contributed by atoms with E-state index in [0.717, 1.165) is 0 Å². The summed E-state index contributed by atoms with van der Waals surface area (Å²) in [5.74, 6) is -0.303. The van der Waals surface area contributed by atoms with Crippen molar-refractivity contribution in [3.05, 3.63) is 28.5 Å². The first-order valence-corrected chi connectivity index (χ1v) is 6.34. The lowest BCUT2D eigenvalue weighted by Gasteiger charge is -2.19. The van der Waals surface area contributed by atoms with Gasteiger partial charge >= 0.3 is 6.18 Å². The van der Waals surface area contributed by atoms with Gasteiger partial charge in [0.2, 0.25) is 5.91 Å². The van der Waals surface area contributed by atoms with Crippen LogP contribution in [0, 0.1) is 0 Å². The zero-order valence-corrected chi connectivity index (χ0v) is 11.7. The Hall–Kier alpha value is -1.38. The van der Waals surface area contributed by atoms with Gasteiger partial charge in [-0.25, -0.2) is 0 Å². The number of carbonyl (C=O) groups excluding carboxylic acids is 1. The lowest BCUT2D eigenvalue weighted by molar-refractivity contribution is -0.137. The molecule has 0 aliphatic rings. The molecule has 1 rings (SSSR count). The molecule has 0 fully saturated rings. The number of aliphatic hydroxyl groups is 2. The summed E-state index contributed by atoms with van der Waals surface area (Å²) in [6.07, 6.45) is -6.93. The Morgan fingerprint density at radius 3 is 2.57 bits per heavy atom. The molecule has 1 aromatic heterocycles. The number of rotatable bonds is 5. The van der Waals surface area contributed by atoms with E-state index in [1.165, 1.54) is 6.92 Å². The van der Waals surface area contributed by atoms with Gasteiger partial charge in [-0.05, 0) is 12.5 Å². The van der Waals surface area contributed by atoms with Crippen molar-refractivity contribution in [2.45, 2.75) is 31.7 Å². The van der Waals surface area contributed by atoms with Crippen LogP contribution in [0.25, 0.3) is 0 Å². The summed E-state index contributed by atoms with van der Waals surface area (Å²) in [4.78, 5) is 14.1. The smallest absolute Gasteiger partial charge is 0.390 e. The molecule has 118 valence electrons. The molecule has 0 aliphatic carbocycles. The van der Waals surface area contributed by atoms with E-state index < -0.39 is 29.0 Å². The molecule has 9 heteroatoms. The normalized spacial score (nSPS) is 14.6. The number of nitrogens with zero attached hydrogens (tertiary/aromatic N) is 1. The van der Waals surface area contributed by atoms with Crippen molar-refractivity contribution < 1.29 is 28.2 Å². The van der Waals surface area contributed by atoms with E-state index >= 15 is 0 Å². The summed E-state index contributed by atoms with van der Waals surface area (Å²) in [6, 6.07) is 0.633. The summed E-state index contributed by atoms with van der Waals surface area (Å²) < 4.78 is 37.4. The highest BCUT2D eigenvalue weighted by molar-refractivity contribution is 6.31. The monoisotopic (exact) mass is 326 g/mol. The molecule has 0 saturated carbocycles. The fraction of sp³-hybridized carbons (Fsp3) is 0.500. The third-order valence-corrected chi connectivity index (χ3v) is 2.96. The SMILES string of the molecule is CC(=O)NCCC(O)C(O)c1ncc(C(F)(F)F)cc1Cl. The molecule has 0 radical (unpaired) electrons. The average molecular weight is 327 g/mol. The van der Waals surface area contributed by atoms with Crippen LogP contribution in [-0.2, 0) is 11.0 Å². The molecule has 1 heterocycles. The van der Waals surface area contributed by atoms with E-state index in [4.69, 9.17) is 11.6 Å². The van der Waals surface area contributed by atoms with Gasteiger partial charge in [0.15, 0.2) is 0 Å². The summed E-state index contributed by atoms with van der Waals surface area (Å²) in [5.41, 5.74) is -1.30. The Kier molecular flexibility index (Phi) is 5.94. The van der Waals surface area contributed by atoms with Crippen LogP contribution in [0.5, 0.6) is 0 Å². The first kappa shape index (κ1) is 17.7. The maximum Gasteiger partial charge on any atom is 0.417 e. The van der Waals surface area contributed by atoms with Gasteiger partial charge in [0.05, 0.1) is 22.4 Å². The molecule has 0 bridgehead atoms. The molecule has 2 unspecified atom stereocenters. The van der Waals surface area contributed by atoms with E-state index in [1.54, 1.807) is 0 Å². The van der Waals surface area contributed by atoms with Crippen LogP contribution in [0.2, 0.25) is 5.02 Å². The van der Waals surface area contributed by atoms with Crippen LogP contribution in [-0.4, -0.2) is 33.8 Å². The van der Waals surface area contributed by atoms with Crippen LogP contribution < -0.4 is 5.32 Å². The number of pyridine rings is 1. The van der Waals surface area contributed by atoms with E-state index in [-0.39, 0.29) is 24.6 Å². The number of hydrogen-bond donors (Lipinski definition) is 3. The number of nitrogens with one attached hydrogen (secondary N) is 1. The highest BCUT2D eigenvalue weighted by Crippen LogP contribution is 2.33. The minimum atomic E-state index is -4.59. The molecule has 0 saturated heterocycles. The second-order valence-corrected chi connectivity index (χ2v) is 4.78. The maximum absolute atomic E-state index is 12.5. The van der Waals surface area contributed by atoms with Gasteiger partial charge < -0.3 is 15.5 Å². The predicted octanol–water partition coefficient (Wildman–Crippen LogP) is 1.67. The second-order valence-electron chi connectivity index (χ2n) is 4.37. The minimum Gasteiger partial charge on any atom is -0.390 e. The Balaban J connectivity index is 2.78. The van der Waals surface area contributed by atoms with E-state index in [0.29, 0.717) is 12.3 Å². The van der Waals surface area contributed by atoms with Gasteiger partial charge in [-0.3, -0.25) is 9.78 Å². The van der Waals surface area contributed by atoms with E-state index in [2.05, 4.69) is 10.3 Å². The zero-order valence-electron chi connectivity index (χ0n) is 11.0. The molecular weight excluding hydrogens is 313 g/mol. The van der Waals surface area contributed by atoms with Gasteiger partial charge in [-0.1, -0.05) is 11.6 Å². The zero-order chi connectivity index (χ0) is 16.2. The number of amides is 1. The topological polar surface area (TPSA) is 82.5 Å². The van der Waals surface area contributed by atoms with Gasteiger partial charge in [0.1, 0.15) is 6.10 Å². The van der Waals surface area contributed by atoms with Crippen molar-refractivity contribution in [2.75, 3.05) is 6.54 Å². The molecule has 0 aromatic carbocycles. The van der Waals surface area contributed by atoms with Crippen molar-refractivity contribution >= 4 is 17.5 Å². The largest absolute Gasteiger partial charge is 0.417 e. The van der Waals surface area contributed by atoms with Gasteiger partial charge in [0.25, 0.3) is 0 Å². The summed E-state index contributed by atoms with van der Waals surface area (Å²) >= 11 is 5.66. The molecule has 3 N–H and O–H groups in total. The maximum atomic E-state index is 12.5. The third kappa shape index (κ3) is 5.14. The van der Waals surface area contributed by atoms with Crippen molar-refractivity contribution in [2.24, 2.45) is 0 Å². The molecule has 1 aromatic rings. The van der Waals surface area contributed by atoms with Crippen LogP contribution in [0.15, 0.2) is 12.3 Å². The predicted molar refractivity (Wildman–Crippen MR) is 68.5 cm³/mol. The molecule has 21 heavy (non-hydrogen) atoms. The van der Waals surface area contributed by atoms with E-state index in [1.807, 2.05) is 0 Å². The van der Waals surface area contributed by atoms with Crippen molar-refractivity contribution in [1.82, 2.24) is 10.3 Å². The first-order valence-electron chi connectivity index (χ1n) is 5.96. The minimum absolute atomic E-state index is 0.000220. The van der Waals surface area contributed by atoms with Crippen LogP contribution in [0.4, 0.5) is 13.2 Å². The Bertz CT molecular complexity index is 511. The number of halogens is 4. The lowest BCUT2D eigenvalue weighted by atomic mass is 10.1. The quantitative estimate of drug-likeness (QED) is 0.769. The van der Waals surface area contributed by atoms with Crippen LogP contribution in [0.1, 0.15) is 30.7 Å². The fourth-order valence-electron chi connectivity index (χ4n) is 1.56. The van der Waals surface area contributed by atoms with Crippen molar-refractivity contribution in [3.8, 4) is 0 Å². The standard InChI is InChI=1S/C12H14ClF3N2O3/c1-6(19)17-3-2-9(20)11(21)10-8(13)4-7(5-18-10)12(14,15)16/h4-5,9,11,20-21H,2-3H2,1H3,(H,17,19). The van der Waals surface area contributed by atoms with E-state index in [9.17, 15) is 28.2 Å². The number of carbonyl (C=O) groups is 1. The molecule has 1 amide bonds. The molecule has 5 nitrogen and oxygen atoms in total. The fourth-order valence-corrected chi connectivity index (χ4v) is 1.84. The summed E-state index contributed by atoms with van der Waals surface area (Å²) in [7, 11) is 0. The third-order valence-electron chi connectivity index (χ3n) is 2.66. The Morgan fingerprint density at radius 2 is 2.10 bits per heavy atom. The lowest BCUT2D eigenvalue weighted by Crippen LogP contribution is -2.28. The summed E-state index contributed by atoms with van der Waals surface area (Å²) in [6.45, 7) is 1.39. The molecule has 0 aliphatic heterocycles. The van der Waals surface area contributed by atoms with Gasteiger partial charge in [0, 0.05) is 19.7 Å². The van der Waals surface area contributed by atoms with Gasteiger partial charge in [-0.2, -0.15) is 13.2 Å².